The first-order valence-electron chi connectivity index (χ1n) is 24.3. The van der Waals surface area contributed by atoms with E-state index >= 15 is 0 Å². The number of nitrogens with zero attached hydrogens (tertiary/aromatic N) is 1. The molecule has 0 atom stereocenters. The summed E-state index contributed by atoms with van der Waals surface area (Å²) in [5, 5.41) is 0. The Kier molecular flexibility index (Phi) is 38.1. The van der Waals surface area contributed by atoms with Crippen molar-refractivity contribution in [2.75, 3.05) is 0 Å². The van der Waals surface area contributed by atoms with Crippen molar-refractivity contribution in [2.45, 2.75) is 291 Å². The summed E-state index contributed by atoms with van der Waals surface area (Å²) in [5.74, 6) is 0. The van der Waals surface area contributed by atoms with E-state index in [9.17, 15) is 0 Å². The lowest BCUT2D eigenvalue weighted by atomic mass is 10.0. The molecule has 0 bridgehead atoms. The minimum absolute atomic E-state index is 1.22. The first-order valence-corrected chi connectivity index (χ1v) is 24.3. The minimum Gasteiger partial charge on any atom is -0.205 e. The van der Waals surface area contributed by atoms with Crippen LogP contribution in [0.1, 0.15) is 282 Å². The standard InChI is InChI=1S/C50H96N/c1-4-7-10-13-16-19-21-23-25-27-29-31-34-37-40-43-49-46-50(48-51(47-49)45-42-39-36-33-18-15-12-9-6-3)44-41-38-35-32-30-28-26-24-22-20-17-14-11-8-5-2/h46-48H,4-45H2,1-3H3/q+1. The van der Waals surface area contributed by atoms with Crippen LogP contribution in [0.5, 0.6) is 0 Å². The quantitative estimate of drug-likeness (QED) is 0.0470. The highest BCUT2D eigenvalue weighted by molar-refractivity contribution is 5.15. The number of pyridine rings is 1. The van der Waals surface area contributed by atoms with Crippen LogP contribution in [-0.4, -0.2) is 0 Å². The highest BCUT2D eigenvalue weighted by Gasteiger charge is 2.09. The molecule has 0 spiro atoms. The lowest BCUT2D eigenvalue weighted by Crippen LogP contribution is -2.34. The summed E-state index contributed by atoms with van der Waals surface area (Å²) < 4.78 is 2.59. The second-order valence-corrected chi connectivity index (χ2v) is 17.0. The molecule has 1 rings (SSSR count). The van der Waals surface area contributed by atoms with E-state index in [2.05, 4.69) is 43.8 Å². The Morgan fingerprint density at radius 3 is 0.745 bits per heavy atom. The van der Waals surface area contributed by atoms with Gasteiger partial charge in [0.1, 0.15) is 6.54 Å². The largest absolute Gasteiger partial charge is 0.205 e. The lowest BCUT2D eigenvalue weighted by Gasteiger charge is -2.08. The number of hydrogen-bond acceptors (Lipinski definition) is 0. The zero-order chi connectivity index (χ0) is 36.6. The fourth-order valence-corrected chi connectivity index (χ4v) is 8.18. The molecule has 1 heterocycles. The maximum Gasteiger partial charge on any atom is 0.171 e. The molecule has 1 nitrogen and oxygen atoms in total. The molecule has 1 heteroatoms. The molecule has 0 amide bonds. The van der Waals surface area contributed by atoms with Gasteiger partial charge >= 0.3 is 0 Å². The number of hydrogen-bond donors (Lipinski definition) is 0. The molecule has 0 saturated carbocycles. The van der Waals surface area contributed by atoms with E-state index in [1.165, 1.54) is 270 Å². The number of unbranched alkanes of at least 4 members (excludes halogenated alkanes) is 36. The minimum atomic E-state index is 1.22. The van der Waals surface area contributed by atoms with Gasteiger partial charge in [0, 0.05) is 17.5 Å². The molecule has 0 aliphatic carbocycles. The predicted octanol–water partition coefficient (Wildman–Crippen LogP) is 17.3. The van der Waals surface area contributed by atoms with Crippen molar-refractivity contribution < 1.29 is 4.57 Å². The SMILES string of the molecule is CCCCCCCCCCCCCCCCCc1cc(CCCCCCCCCCCCCCCCC)c[n+](CCCCCCCCCCC)c1. The van der Waals surface area contributed by atoms with Crippen molar-refractivity contribution >= 4 is 0 Å². The van der Waals surface area contributed by atoms with Gasteiger partial charge in [0.05, 0.1) is 0 Å². The van der Waals surface area contributed by atoms with E-state index < -0.39 is 0 Å². The van der Waals surface area contributed by atoms with Gasteiger partial charge in [0.15, 0.2) is 12.4 Å². The van der Waals surface area contributed by atoms with Crippen molar-refractivity contribution in [2.24, 2.45) is 0 Å². The topological polar surface area (TPSA) is 3.88 Å². The summed E-state index contributed by atoms with van der Waals surface area (Å²) in [5.41, 5.74) is 3.22. The molecule has 300 valence electrons. The Labute approximate surface area is 323 Å². The number of aryl methyl sites for hydroxylation is 3. The molecular weight excluding hydrogens is 615 g/mol. The maximum absolute atomic E-state index is 2.59. The Bertz CT molecular complexity index is 746. The van der Waals surface area contributed by atoms with Crippen LogP contribution in [0.15, 0.2) is 18.5 Å². The van der Waals surface area contributed by atoms with Crippen molar-refractivity contribution in [1.82, 2.24) is 0 Å². The van der Waals surface area contributed by atoms with Gasteiger partial charge in [-0.1, -0.05) is 245 Å². The monoisotopic (exact) mass is 711 g/mol. The zero-order valence-electron chi connectivity index (χ0n) is 35.9. The highest BCUT2D eigenvalue weighted by Crippen LogP contribution is 2.17. The van der Waals surface area contributed by atoms with E-state index in [1.807, 2.05) is 0 Å². The van der Waals surface area contributed by atoms with Crippen LogP contribution in [0.3, 0.4) is 0 Å². The third-order valence-corrected chi connectivity index (χ3v) is 11.7. The molecule has 0 aliphatic heterocycles. The number of rotatable bonds is 42. The van der Waals surface area contributed by atoms with Crippen LogP contribution in [0.25, 0.3) is 0 Å². The third kappa shape index (κ3) is 34.7. The predicted molar refractivity (Wildman–Crippen MR) is 231 cm³/mol. The molecule has 0 fully saturated rings. The number of aromatic nitrogens is 1. The van der Waals surface area contributed by atoms with Crippen LogP contribution in [-0.2, 0) is 19.4 Å². The van der Waals surface area contributed by atoms with Crippen LogP contribution in [0, 0.1) is 0 Å². The highest BCUT2D eigenvalue weighted by atomic mass is 14.9. The molecule has 0 aliphatic rings. The molecular formula is C50H96N+. The van der Waals surface area contributed by atoms with Gasteiger partial charge in [-0.3, -0.25) is 0 Å². The molecule has 0 unspecified atom stereocenters. The summed E-state index contributed by atoms with van der Waals surface area (Å²) in [7, 11) is 0. The van der Waals surface area contributed by atoms with Crippen molar-refractivity contribution in [3.05, 3.63) is 29.6 Å². The summed E-state index contributed by atoms with van der Waals surface area (Å²) in [6, 6.07) is 2.58. The Morgan fingerprint density at radius 1 is 0.275 bits per heavy atom. The average molecular weight is 711 g/mol. The van der Waals surface area contributed by atoms with E-state index in [0.717, 1.165) is 0 Å². The molecule has 0 radical (unpaired) electrons. The van der Waals surface area contributed by atoms with Gasteiger partial charge in [0.2, 0.25) is 0 Å². The zero-order valence-corrected chi connectivity index (χ0v) is 35.9. The summed E-state index contributed by atoms with van der Waals surface area (Å²) >= 11 is 0. The van der Waals surface area contributed by atoms with E-state index in [1.54, 1.807) is 11.1 Å². The first kappa shape index (κ1) is 48.2. The first-order chi connectivity index (χ1) is 25.3. The van der Waals surface area contributed by atoms with Gasteiger partial charge < -0.3 is 0 Å². The summed E-state index contributed by atoms with van der Waals surface area (Å²) in [6.07, 6.45) is 63.8. The fourth-order valence-electron chi connectivity index (χ4n) is 8.18. The molecule has 1 aromatic heterocycles. The van der Waals surface area contributed by atoms with E-state index in [4.69, 9.17) is 0 Å². The Balaban J connectivity index is 2.26. The van der Waals surface area contributed by atoms with Crippen molar-refractivity contribution in [3.63, 3.8) is 0 Å². The van der Waals surface area contributed by atoms with Crippen LogP contribution >= 0.6 is 0 Å². The Morgan fingerprint density at radius 2 is 0.490 bits per heavy atom. The van der Waals surface area contributed by atoms with Gasteiger partial charge in [-0.15, -0.1) is 0 Å². The lowest BCUT2D eigenvalue weighted by molar-refractivity contribution is -0.698. The van der Waals surface area contributed by atoms with Crippen LogP contribution in [0.4, 0.5) is 0 Å². The van der Waals surface area contributed by atoms with Crippen LogP contribution < -0.4 is 4.57 Å². The summed E-state index contributed by atoms with van der Waals surface area (Å²) in [4.78, 5) is 0. The molecule has 0 saturated heterocycles. The van der Waals surface area contributed by atoms with E-state index in [-0.39, 0.29) is 0 Å². The summed E-state index contributed by atoms with van der Waals surface area (Å²) in [6.45, 7) is 8.16. The Hall–Kier alpha value is -0.850. The third-order valence-electron chi connectivity index (χ3n) is 11.7. The van der Waals surface area contributed by atoms with Gasteiger partial charge in [-0.2, -0.15) is 0 Å². The maximum atomic E-state index is 2.59. The molecule has 0 aromatic carbocycles. The van der Waals surface area contributed by atoms with Gasteiger partial charge in [-0.05, 0) is 38.2 Å². The second kappa shape index (κ2) is 40.3. The molecule has 1 aromatic rings. The second-order valence-electron chi connectivity index (χ2n) is 17.0. The normalized spacial score (nSPS) is 11.6. The van der Waals surface area contributed by atoms with Gasteiger partial charge in [-0.25, -0.2) is 4.57 Å². The van der Waals surface area contributed by atoms with Crippen molar-refractivity contribution in [3.8, 4) is 0 Å². The van der Waals surface area contributed by atoms with Crippen LogP contribution in [0.2, 0.25) is 0 Å². The fraction of sp³-hybridized carbons (Fsp3) is 0.900. The van der Waals surface area contributed by atoms with Gasteiger partial charge in [0.25, 0.3) is 0 Å². The van der Waals surface area contributed by atoms with Crippen molar-refractivity contribution in [1.29, 1.82) is 0 Å². The van der Waals surface area contributed by atoms with E-state index in [0.29, 0.717) is 0 Å². The smallest absolute Gasteiger partial charge is 0.171 e. The molecule has 51 heavy (non-hydrogen) atoms. The average Bonchev–Trinajstić information content (AvgIpc) is 3.14. The molecule has 0 N–H and O–H groups in total.